The standard InChI is InChI=1S/C17H21N3O2S.HI/c1-14-8-10-15(11-9-14)20-17(18)19-12-5-13-23(21,22)16-6-3-2-4-7-16;/h2-4,6-11H,5,12-13H2,1H3,(H3,18,19,20);1H. The van der Waals surface area contributed by atoms with E-state index < -0.39 is 9.84 Å². The molecule has 0 saturated heterocycles. The number of aryl methyl sites for hydroxylation is 1. The maximum absolute atomic E-state index is 12.1. The van der Waals surface area contributed by atoms with Crippen molar-refractivity contribution in [3.63, 3.8) is 0 Å². The molecule has 0 spiro atoms. The smallest absolute Gasteiger partial charge is 0.193 e. The summed E-state index contributed by atoms with van der Waals surface area (Å²) in [6.45, 7) is 2.37. The normalized spacial score (nSPS) is 11.6. The summed E-state index contributed by atoms with van der Waals surface area (Å²) in [5.74, 6) is 0.337. The molecule has 130 valence electrons. The summed E-state index contributed by atoms with van der Waals surface area (Å²) in [4.78, 5) is 4.50. The van der Waals surface area contributed by atoms with E-state index in [1.165, 1.54) is 0 Å². The average molecular weight is 459 g/mol. The van der Waals surface area contributed by atoms with Crippen LogP contribution in [-0.2, 0) is 9.84 Å². The maximum atomic E-state index is 12.1. The van der Waals surface area contributed by atoms with Crippen LogP contribution in [0, 0.1) is 6.92 Å². The lowest BCUT2D eigenvalue weighted by atomic mass is 10.2. The number of sulfone groups is 1. The summed E-state index contributed by atoms with van der Waals surface area (Å²) in [7, 11) is -3.25. The van der Waals surface area contributed by atoms with Crippen LogP contribution in [-0.4, -0.2) is 26.7 Å². The van der Waals surface area contributed by atoms with Gasteiger partial charge in [-0.2, -0.15) is 0 Å². The molecule has 0 unspecified atom stereocenters. The van der Waals surface area contributed by atoms with Crippen LogP contribution in [0.4, 0.5) is 5.69 Å². The fourth-order valence-electron chi connectivity index (χ4n) is 2.02. The number of nitrogens with one attached hydrogen (secondary N) is 1. The molecule has 0 aliphatic heterocycles. The van der Waals surface area contributed by atoms with E-state index >= 15 is 0 Å². The van der Waals surface area contributed by atoms with Crippen molar-refractivity contribution < 1.29 is 8.42 Å². The Morgan fingerprint density at radius 1 is 1.08 bits per heavy atom. The lowest BCUT2D eigenvalue weighted by Crippen LogP contribution is -2.23. The molecule has 0 radical (unpaired) electrons. The molecule has 0 saturated carbocycles. The second-order valence-corrected chi connectivity index (χ2v) is 7.35. The topological polar surface area (TPSA) is 84.5 Å². The van der Waals surface area contributed by atoms with Crippen molar-refractivity contribution >= 4 is 45.5 Å². The SMILES string of the molecule is Cc1ccc(NC(N)=NCCCS(=O)(=O)c2ccccc2)cc1.I. The quantitative estimate of drug-likeness (QED) is 0.301. The van der Waals surface area contributed by atoms with Gasteiger partial charge in [-0.3, -0.25) is 4.99 Å². The van der Waals surface area contributed by atoms with Gasteiger partial charge in [-0.25, -0.2) is 8.42 Å². The summed E-state index contributed by atoms with van der Waals surface area (Å²) in [6, 6.07) is 16.2. The van der Waals surface area contributed by atoms with Crippen molar-refractivity contribution in [1.29, 1.82) is 0 Å². The molecule has 5 nitrogen and oxygen atoms in total. The predicted molar refractivity (Wildman–Crippen MR) is 110 cm³/mol. The van der Waals surface area contributed by atoms with Crippen LogP contribution in [0.2, 0.25) is 0 Å². The highest BCUT2D eigenvalue weighted by atomic mass is 127. The van der Waals surface area contributed by atoms with Gasteiger partial charge in [-0.05, 0) is 37.6 Å². The molecule has 0 amide bonds. The number of nitrogens with two attached hydrogens (primary N) is 1. The van der Waals surface area contributed by atoms with Gasteiger partial charge in [0.15, 0.2) is 15.8 Å². The van der Waals surface area contributed by atoms with Gasteiger partial charge in [0.05, 0.1) is 10.6 Å². The summed E-state index contributed by atoms with van der Waals surface area (Å²) >= 11 is 0. The third kappa shape index (κ3) is 6.48. The van der Waals surface area contributed by atoms with E-state index in [-0.39, 0.29) is 35.7 Å². The number of hydrogen-bond acceptors (Lipinski definition) is 3. The number of rotatable bonds is 6. The summed E-state index contributed by atoms with van der Waals surface area (Å²) in [6.07, 6.45) is 0.424. The number of nitrogens with zero attached hydrogens (tertiary/aromatic N) is 1. The Morgan fingerprint density at radius 2 is 1.71 bits per heavy atom. The number of anilines is 1. The first-order valence-corrected chi connectivity index (χ1v) is 9.04. The fourth-order valence-corrected chi connectivity index (χ4v) is 3.34. The van der Waals surface area contributed by atoms with Crippen molar-refractivity contribution in [2.24, 2.45) is 10.7 Å². The highest BCUT2D eigenvalue weighted by Gasteiger charge is 2.12. The zero-order valence-corrected chi connectivity index (χ0v) is 16.6. The van der Waals surface area contributed by atoms with E-state index in [0.29, 0.717) is 17.9 Å². The number of halogens is 1. The zero-order valence-electron chi connectivity index (χ0n) is 13.5. The van der Waals surface area contributed by atoms with Crippen molar-refractivity contribution in [3.8, 4) is 0 Å². The van der Waals surface area contributed by atoms with Crippen molar-refractivity contribution in [2.45, 2.75) is 18.2 Å². The molecule has 2 aromatic rings. The largest absolute Gasteiger partial charge is 0.370 e. The number of aliphatic imine (C=N–C) groups is 1. The second-order valence-electron chi connectivity index (χ2n) is 5.24. The lowest BCUT2D eigenvalue weighted by molar-refractivity contribution is 0.593. The third-order valence-electron chi connectivity index (χ3n) is 3.28. The van der Waals surface area contributed by atoms with E-state index in [2.05, 4.69) is 10.3 Å². The van der Waals surface area contributed by atoms with Crippen molar-refractivity contribution in [3.05, 3.63) is 60.2 Å². The molecule has 0 bridgehead atoms. The first kappa shape index (κ1) is 20.4. The summed E-state index contributed by atoms with van der Waals surface area (Å²) in [5, 5.41) is 2.98. The van der Waals surface area contributed by atoms with Crippen LogP contribution in [0.15, 0.2) is 64.5 Å². The van der Waals surface area contributed by atoms with Gasteiger partial charge in [0.25, 0.3) is 0 Å². The first-order valence-electron chi connectivity index (χ1n) is 7.39. The van der Waals surface area contributed by atoms with E-state index in [1.807, 2.05) is 31.2 Å². The molecule has 7 heteroatoms. The molecule has 0 fully saturated rings. The van der Waals surface area contributed by atoms with E-state index in [0.717, 1.165) is 11.3 Å². The number of guanidine groups is 1. The van der Waals surface area contributed by atoms with Gasteiger partial charge >= 0.3 is 0 Å². The zero-order chi connectivity index (χ0) is 16.7. The van der Waals surface area contributed by atoms with E-state index in [4.69, 9.17) is 5.73 Å². The van der Waals surface area contributed by atoms with Crippen LogP contribution in [0.1, 0.15) is 12.0 Å². The molecule has 0 aromatic heterocycles. The average Bonchev–Trinajstić information content (AvgIpc) is 2.55. The van der Waals surface area contributed by atoms with Gasteiger partial charge in [-0.15, -0.1) is 24.0 Å². The van der Waals surface area contributed by atoms with Crippen LogP contribution < -0.4 is 11.1 Å². The van der Waals surface area contributed by atoms with Crippen LogP contribution in [0.3, 0.4) is 0 Å². The molecule has 0 atom stereocenters. The Labute approximate surface area is 160 Å². The van der Waals surface area contributed by atoms with Gasteiger partial charge in [-0.1, -0.05) is 35.9 Å². The summed E-state index contributed by atoms with van der Waals surface area (Å²) < 4.78 is 24.2. The Balaban J connectivity index is 0.00000288. The molecule has 2 aromatic carbocycles. The van der Waals surface area contributed by atoms with Gasteiger partial charge in [0, 0.05) is 12.2 Å². The number of benzene rings is 2. The first-order chi connectivity index (χ1) is 11.0. The van der Waals surface area contributed by atoms with Gasteiger partial charge in [0.1, 0.15) is 0 Å². The Kier molecular flexibility index (Phi) is 8.20. The highest BCUT2D eigenvalue weighted by molar-refractivity contribution is 14.0. The maximum Gasteiger partial charge on any atom is 0.193 e. The molecule has 0 heterocycles. The number of hydrogen-bond donors (Lipinski definition) is 2. The Hall–Kier alpha value is -1.61. The Morgan fingerprint density at radius 3 is 2.33 bits per heavy atom. The van der Waals surface area contributed by atoms with Crippen LogP contribution in [0.5, 0.6) is 0 Å². The Bertz CT molecular complexity index is 760. The second kappa shape index (κ2) is 9.63. The van der Waals surface area contributed by atoms with Gasteiger partial charge < -0.3 is 11.1 Å². The summed E-state index contributed by atoms with van der Waals surface area (Å²) in [5.41, 5.74) is 7.81. The fraction of sp³-hybridized carbons (Fsp3) is 0.235. The predicted octanol–water partition coefficient (Wildman–Crippen LogP) is 3.20. The molecule has 0 aliphatic carbocycles. The van der Waals surface area contributed by atoms with Crippen molar-refractivity contribution in [2.75, 3.05) is 17.6 Å². The van der Waals surface area contributed by atoms with E-state index in [9.17, 15) is 8.42 Å². The highest BCUT2D eigenvalue weighted by Crippen LogP contribution is 2.11. The molecule has 24 heavy (non-hydrogen) atoms. The molecule has 3 N–H and O–H groups in total. The molecular weight excluding hydrogens is 437 g/mol. The minimum atomic E-state index is -3.25. The van der Waals surface area contributed by atoms with Crippen LogP contribution in [0.25, 0.3) is 0 Å². The molecule has 0 aliphatic rings. The van der Waals surface area contributed by atoms with Crippen LogP contribution >= 0.6 is 24.0 Å². The lowest BCUT2D eigenvalue weighted by Gasteiger charge is -2.06. The molecular formula is C17H22IN3O2S. The minimum Gasteiger partial charge on any atom is -0.370 e. The van der Waals surface area contributed by atoms with Gasteiger partial charge in [0.2, 0.25) is 0 Å². The molecule has 2 rings (SSSR count). The third-order valence-corrected chi connectivity index (χ3v) is 5.10. The van der Waals surface area contributed by atoms with Crippen molar-refractivity contribution in [1.82, 2.24) is 0 Å². The van der Waals surface area contributed by atoms with E-state index in [1.54, 1.807) is 30.3 Å². The minimum absolute atomic E-state index is 0. The monoisotopic (exact) mass is 459 g/mol.